The molecule has 8 nitrogen and oxygen atoms in total. The highest BCUT2D eigenvalue weighted by molar-refractivity contribution is 6.62. The summed E-state index contributed by atoms with van der Waals surface area (Å²) in [6, 6.07) is 44.4. The van der Waals surface area contributed by atoms with Crippen molar-refractivity contribution < 1.29 is 18.1 Å². The maximum atomic E-state index is 13.8. The molecule has 1 saturated heterocycles. The Labute approximate surface area is 394 Å². The van der Waals surface area contributed by atoms with E-state index < -0.39 is 30.0 Å². The topological polar surface area (TPSA) is 95.8 Å². The summed E-state index contributed by atoms with van der Waals surface area (Å²) in [6.07, 6.45) is 0. The second-order valence-electron chi connectivity index (χ2n) is 15.2. The predicted octanol–water partition coefficient (Wildman–Crippen LogP) is 13.6. The lowest BCUT2D eigenvalue weighted by molar-refractivity contribution is 0.00578. The van der Waals surface area contributed by atoms with Gasteiger partial charge in [-0.3, -0.25) is 0 Å². The van der Waals surface area contributed by atoms with Crippen molar-refractivity contribution in [2.24, 2.45) is 0 Å². The number of halogens is 7. The first-order valence-corrected chi connectivity index (χ1v) is 21.5. The molecule has 1 aliphatic rings. The molecule has 8 aromatic rings. The maximum Gasteiger partial charge on any atom is 0.494 e. The number of rotatable bonds is 6. The molecule has 1 aliphatic heterocycles. The molecular formula is C48H36BCl5F2N6O2. The Morgan fingerprint density at radius 3 is 0.969 bits per heavy atom. The molecule has 0 radical (unpaired) electrons. The molecule has 322 valence electrons. The second-order valence-corrected chi connectivity index (χ2v) is 17.1. The molecule has 64 heavy (non-hydrogen) atoms. The van der Waals surface area contributed by atoms with Gasteiger partial charge in [0.05, 0.1) is 31.3 Å². The van der Waals surface area contributed by atoms with E-state index in [1.165, 1.54) is 24.3 Å². The maximum absolute atomic E-state index is 13.8. The van der Waals surface area contributed by atoms with Crippen molar-refractivity contribution in [2.75, 3.05) is 0 Å². The van der Waals surface area contributed by atoms with Crippen LogP contribution in [0.2, 0.25) is 25.4 Å². The summed E-state index contributed by atoms with van der Waals surface area (Å²) in [5.74, 6) is 1.26. The van der Waals surface area contributed by atoms with Crippen molar-refractivity contribution in [2.45, 2.75) is 38.9 Å². The van der Waals surface area contributed by atoms with Crippen molar-refractivity contribution in [3.05, 3.63) is 183 Å². The van der Waals surface area contributed by atoms with Crippen LogP contribution in [0.15, 0.2) is 146 Å². The highest BCUT2D eigenvalue weighted by Crippen LogP contribution is 2.37. The summed E-state index contributed by atoms with van der Waals surface area (Å²) in [6.45, 7) is 7.78. The predicted molar refractivity (Wildman–Crippen MR) is 254 cm³/mol. The van der Waals surface area contributed by atoms with Gasteiger partial charge >= 0.3 is 7.12 Å². The van der Waals surface area contributed by atoms with Crippen molar-refractivity contribution in [3.63, 3.8) is 0 Å². The van der Waals surface area contributed by atoms with Gasteiger partial charge in [-0.15, -0.1) is 0 Å². The lowest BCUT2D eigenvalue weighted by Gasteiger charge is -2.32. The van der Waals surface area contributed by atoms with Gasteiger partial charge in [0.25, 0.3) is 0 Å². The Kier molecular flexibility index (Phi) is 14.7. The minimum Gasteiger partial charge on any atom is -0.399 e. The molecule has 0 amide bonds. The first-order chi connectivity index (χ1) is 30.6. The van der Waals surface area contributed by atoms with Gasteiger partial charge in [-0.25, -0.2) is 28.7 Å². The minimum atomic E-state index is -0.664. The van der Waals surface area contributed by atoms with Crippen molar-refractivity contribution in [1.29, 1.82) is 0 Å². The van der Waals surface area contributed by atoms with Crippen LogP contribution in [0.1, 0.15) is 27.7 Å². The van der Waals surface area contributed by atoms with E-state index in [0.717, 1.165) is 22.3 Å². The molecule has 16 heteroatoms. The van der Waals surface area contributed by atoms with Crippen molar-refractivity contribution in [3.8, 4) is 56.9 Å². The second kappa shape index (κ2) is 20.2. The third-order valence-corrected chi connectivity index (χ3v) is 11.4. The summed E-state index contributed by atoms with van der Waals surface area (Å²) in [5.41, 5.74) is 3.76. The van der Waals surface area contributed by atoms with Gasteiger partial charge in [-0.2, -0.15) is 9.97 Å². The number of hydrogen-bond donors (Lipinski definition) is 0. The molecule has 0 aliphatic carbocycles. The van der Waals surface area contributed by atoms with E-state index in [1.54, 1.807) is 0 Å². The number of aromatic nitrogens is 6. The van der Waals surface area contributed by atoms with Crippen molar-refractivity contribution >= 4 is 70.6 Å². The molecular weight excluding hydrogens is 919 g/mol. The van der Waals surface area contributed by atoms with Crippen LogP contribution in [0.25, 0.3) is 56.9 Å². The van der Waals surface area contributed by atoms with E-state index in [2.05, 4.69) is 29.9 Å². The minimum absolute atomic E-state index is 0.0350. The third kappa shape index (κ3) is 11.1. The normalized spacial score (nSPS) is 13.6. The monoisotopic (exact) mass is 952 g/mol. The molecule has 0 bridgehead atoms. The summed E-state index contributed by atoms with van der Waals surface area (Å²) in [4.78, 5) is 26.5. The fraction of sp³-hybridized carbons (Fsp3) is 0.125. The van der Waals surface area contributed by atoms with Crippen LogP contribution in [0, 0.1) is 11.6 Å². The summed E-state index contributed by atoms with van der Waals surface area (Å²) in [7, 11) is -0.592. The summed E-state index contributed by atoms with van der Waals surface area (Å²) >= 11 is 29.4. The van der Waals surface area contributed by atoms with E-state index in [-0.39, 0.29) is 25.4 Å². The Morgan fingerprint density at radius 2 is 0.656 bits per heavy atom. The van der Waals surface area contributed by atoms with Crippen molar-refractivity contribution in [1.82, 2.24) is 29.9 Å². The molecule has 0 saturated carbocycles. The van der Waals surface area contributed by atoms with Gasteiger partial charge in [0.2, 0.25) is 5.28 Å². The SMILES string of the molecule is CC1(C)OB(c2cc(Cl)c(F)c(Cl)c2)OC1(C)C.Clc1nc(-c2ccccc2)nc(-c2ccccc2)n1.Fc1c(Cl)cc(-c2nc(-c3ccccc3)nc(-c3ccccc3)n2)cc1Cl. The molecule has 9 rings (SSSR count). The van der Waals surface area contributed by atoms with E-state index >= 15 is 0 Å². The van der Waals surface area contributed by atoms with Crippen LogP contribution in [-0.2, 0) is 9.31 Å². The Hall–Kier alpha value is -5.37. The zero-order valence-electron chi connectivity index (χ0n) is 34.6. The smallest absolute Gasteiger partial charge is 0.399 e. The van der Waals surface area contributed by atoms with Crippen LogP contribution in [0.4, 0.5) is 8.78 Å². The Bertz CT molecular complexity index is 2710. The average molecular weight is 955 g/mol. The largest absolute Gasteiger partial charge is 0.494 e. The van der Waals surface area contributed by atoms with Crippen LogP contribution < -0.4 is 5.46 Å². The van der Waals surface area contributed by atoms with Crippen LogP contribution in [0.3, 0.4) is 0 Å². The summed E-state index contributed by atoms with van der Waals surface area (Å²) < 4.78 is 38.8. The number of benzene rings is 6. The van der Waals surface area contributed by atoms with E-state index in [4.69, 9.17) is 67.3 Å². The Morgan fingerprint density at radius 1 is 0.391 bits per heavy atom. The zero-order valence-corrected chi connectivity index (χ0v) is 38.4. The Balaban J connectivity index is 0.000000148. The molecule has 0 N–H and O–H groups in total. The molecule has 0 atom stereocenters. The quantitative estimate of drug-likeness (QED) is 0.120. The molecule has 0 spiro atoms. The van der Waals surface area contributed by atoms with E-state index in [1.807, 2.05) is 149 Å². The van der Waals surface area contributed by atoms with Gasteiger partial charge in [0.15, 0.2) is 40.8 Å². The number of nitrogens with zero attached hydrogens (tertiary/aromatic N) is 6. The lowest BCUT2D eigenvalue weighted by Crippen LogP contribution is -2.41. The molecule has 0 unspecified atom stereocenters. The standard InChI is InChI=1S/C21H12Cl2FN3.C15H10ClN3.C12H14BCl2FO2/c22-16-11-15(12-17(23)18(16)24)21-26-19(13-7-3-1-4-8-13)25-20(27-21)14-9-5-2-6-10-14;16-15-18-13(11-7-3-1-4-8-11)17-14(19-15)12-9-5-2-6-10-12;1-11(2)12(3,4)18-13(17-11)7-5-8(14)10(16)9(15)6-7/h1-12H;1-10H;5-6H,1-4H3. The molecule has 3 heterocycles. The van der Waals surface area contributed by atoms with Gasteiger partial charge < -0.3 is 9.31 Å². The highest BCUT2D eigenvalue weighted by Gasteiger charge is 2.52. The molecule has 2 aromatic heterocycles. The first kappa shape index (κ1) is 46.6. The fourth-order valence-electron chi connectivity index (χ4n) is 6.10. The zero-order chi connectivity index (χ0) is 45.6. The van der Waals surface area contributed by atoms with Crippen LogP contribution >= 0.6 is 58.0 Å². The average Bonchev–Trinajstić information content (AvgIpc) is 3.53. The molecule has 6 aromatic carbocycles. The number of hydrogen-bond acceptors (Lipinski definition) is 8. The van der Waals surface area contributed by atoms with Gasteiger partial charge in [-0.05, 0) is 69.0 Å². The first-order valence-electron chi connectivity index (χ1n) is 19.6. The van der Waals surface area contributed by atoms with Crippen LogP contribution in [0.5, 0.6) is 0 Å². The highest BCUT2D eigenvalue weighted by atomic mass is 35.5. The fourth-order valence-corrected chi connectivity index (χ4v) is 7.25. The van der Waals surface area contributed by atoms with E-state index in [0.29, 0.717) is 40.1 Å². The third-order valence-electron chi connectivity index (χ3n) is 10.1. The van der Waals surface area contributed by atoms with Crippen LogP contribution in [-0.4, -0.2) is 48.2 Å². The molecule has 1 fully saturated rings. The van der Waals surface area contributed by atoms with E-state index in [9.17, 15) is 8.78 Å². The van der Waals surface area contributed by atoms with Gasteiger partial charge in [0.1, 0.15) is 0 Å². The summed E-state index contributed by atoms with van der Waals surface area (Å²) in [5, 5.41) is -0.0343. The lowest BCUT2D eigenvalue weighted by atomic mass is 9.79. The van der Waals surface area contributed by atoms with Gasteiger partial charge in [-0.1, -0.05) is 168 Å². The van der Waals surface area contributed by atoms with Gasteiger partial charge in [0, 0.05) is 27.8 Å².